The highest BCUT2D eigenvalue weighted by molar-refractivity contribution is 5.97. The molecule has 4 heteroatoms. The quantitative estimate of drug-likeness (QED) is 0.758. The molecule has 0 N–H and O–H groups in total. The molecule has 2 aromatic heterocycles. The minimum atomic E-state index is 0.0871. The molecule has 4 nitrogen and oxygen atoms in total. The largest absolute Gasteiger partial charge is 0.335 e. The van der Waals surface area contributed by atoms with Crippen molar-refractivity contribution in [3.05, 3.63) is 47.8 Å². The molecule has 0 fully saturated rings. The van der Waals surface area contributed by atoms with Crippen molar-refractivity contribution in [1.29, 1.82) is 0 Å². The summed E-state index contributed by atoms with van der Waals surface area (Å²) >= 11 is 0. The number of nitrogens with zero attached hydrogens (tertiary/aromatic N) is 3. The number of carbonyl (C=O) groups excluding carboxylic acids is 1. The molecule has 0 aliphatic heterocycles. The van der Waals surface area contributed by atoms with Gasteiger partial charge in [0.2, 0.25) is 0 Å². The summed E-state index contributed by atoms with van der Waals surface area (Å²) in [5.74, 6) is 0.917. The van der Waals surface area contributed by atoms with Crippen molar-refractivity contribution in [1.82, 2.24) is 14.5 Å². The van der Waals surface area contributed by atoms with Gasteiger partial charge in [-0.1, -0.05) is 6.92 Å². The average molecular weight is 243 g/mol. The zero-order valence-electron chi connectivity index (χ0n) is 10.8. The van der Waals surface area contributed by atoms with E-state index in [0.29, 0.717) is 12.0 Å². The van der Waals surface area contributed by atoms with Gasteiger partial charge in [0.15, 0.2) is 5.78 Å². The minimum absolute atomic E-state index is 0.0871. The van der Waals surface area contributed by atoms with Crippen molar-refractivity contribution in [2.45, 2.75) is 33.2 Å². The Labute approximate surface area is 107 Å². The number of rotatable bonds is 5. The number of ketones is 1. The molecule has 0 atom stereocenters. The SMILES string of the molecule is CCCn1ccnc1CC(=O)c1ccnc(C)c1. The van der Waals surface area contributed by atoms with Crippen LogP contribution in [0.3, 0.4) is 0 Å². The van der Waals surface area contributed by atoms with E-state index in [-0.39, 0.29) is 5.78 Å². The summed E-state index contributed by atoms with van der Waals surface area (Å²) < 4.78 is 2.03. The van der Waals surface area contributed by atoms with Crippen molar-refractivity contribution < 1.29 is 4.79 Å². The Hall–Kier alpha value is -1.97. The van der Waals surface area contributed by atoms with Crippen LogP contribution in [0, 0.1) is 6.92 Å². The van der Waals surface area contributed by atoms with Crippen LogP contribution in [-0.4, -0.2) is 20.3 Å². The van der Waals surface area contributed by atoms with Crippen molar-refractivity contribution in [3.63, 3.8) is 0 Å². The lowest BCUT2D eigenvalue weighted by atomic mass is 10.1. The third kappa shape index (κ3) is 2.83. The maximum Gasteiger partial charge on any atom is 0.170 e. The number of aryl methyl sites for hydroxylation is 2. The van der Waals surface area contributed by atoms with Crippen LogP contribution in [0.2, 0.25) is 0 Å². The van der Waals surface area contributed by atoms with Gasteiger partial charge >= 0.3 is 0 Å². The van der Waals surface area contributed by atoms with E-state index >= 15 is 0 Å². The number of hydrogen-bond donors (Lipinski definition) is 0. The molecule has 2 aromatic rings. The fourth-order valence-electron chi connectivity index (χ4n) is 1.92. The fraction of sp³-hybridized carbons (Fsp3) is 0.357. The lowest BCUT2D eigenvalue weighted by molar-refractivity contribution is 0.0989. The summed E-state index contributed by atoms with van der Waals surface area (Å²) in [6.45, 7) is 4.89. The second-order valence-corrected chi connectivity index (χ2v) is 4.32. The molecule has 2 heterocycles. The van der Waals surface area contributed by atoms with E-state index in [0.717, 1.165) is 24.5 Å². The molecule has 2 rings (SSSR count). The average Bonchev–Trinajstić information content (AvgIpc) is 2.77. The van der Waals surface area contributed by atoms with Crippen molar-refractivity contribution >= 4 is 5.78 Å². The Bertz CT molecular complexity index is 545. The zero-order chi connectivity index (χ0) is 13.0. The standard InChI is InChI=1S/C14H17N3O/c1-3-7-17-8-6-16-14(17)10-13(18)12-4-5-15-11(2)9-12/h4-6,8-9H,3,7,10H2,1-2H3. The molecule has 0 saturated carbocycles. The summed E-state index contributed by atoms with van der Waals surface area (Å²) in [4.78, 5) is 20.5. The Kier molecular flexibility index (Phi) is 3.87. The summed E-state index contributed by atoms with van der Waals surface area (Å²) in [5, 5.41) is 0. The summed E-state index contributed by atoms with van der Waals surface area (Å²) in [7, 11) is 0. The lowest BCUT2D eigenvalue weighted by Gasteiger charge is -2.06. The maximum atomic E-state index is 12.1. The van der Waals surface area contributed by atoms with E-state index in [4.69, 9.17) is 0 Å². The molecule has 18 heavy (non-hydrogen) atoms. The Balaban J connectivity index is 2.14. The first-order valence-corrected chi connectivity index (χ1v) is 6.16. The van der Waals surface area contributed by atoms with E-state index in [9.17, 15) is 4.79 Å². The van der Waals surface area contributed by atoms with Crippen molar-refractivity contribution in [2.24, 2.45) is 0 Å². The molecule has 0 radical (unpaired) electrons. The highest BCUT2D eigenvalue weighted by Gasteiger charge is 2.11. The molecule has 0 spiro atoms. The predicted molar refractivity (Wildman–Crippen MR) is 69.5 cm³/mol. The first kappa shape index (κ1) is 12.5. The van der Waals surface area contributed by atoms with Gasteiger partial charge < -0.3 is 4.57 Å². The van der Waals surface area contributed by atoms with E-state index < -0.39 is 0 Å². The van der Waals surface area contributed by atoms with Crippen LogP contribution in [0.25, 0.3) is 0 Å². The van der Waals surface area contributed by atoms with Crippen LogP contribution in [0.4, 0.5) is 0 Å². The normalized spacial score (nSPS) is 10.6. The monoisotopic (exact) mass is 243 g/mol. The number of pyridine rings is 1. The second-order valence-electron chi connectivity index (χ2n) is 4.32. The number of hydrogen-bond acceptors (Lipinski definition) is 3. The number of imidazole rings is 1. The van der Waals surface area contributed by atoms with Gasteiger partial charge in [-0.15, -0.1) is 0 Å². The Morgan fingerprint density at radius 1 is 1.33 bits per heavy atom. The van der Waals surface area contributed by atoms with Gasteiger partial charge in [-0.05, 0) is 25.5 Å². The van der Waals surface area contributed by atoms with Crippen LogP contribution in [0.1, 0.15) is 35.2 Å². The molecule has 0 aromatic carbocycles. The van der Waals surface area contributed by atoms with E-state index in [1.807, 2.05) is 23.8 Å². The zero-order valence-corrected chi connectivity index (χ0v) is 10.8. The van der Waals surface area contributed by atoms with Crippen LogP contribution in [0.5, 0.6) is 0 Å². The van der Waals surface area contributed by atoms with Gasteiger partial charge in [0.1, 0.15) is 5.82 Å². The van der Waals surface area contributed by atoms with Crippen LogP contribution in [0.15, 0.2) is 30.7 Å². The third-order valence-electron chi connectivity index (χ3n) is 2.80. The molecule has 0 amide bonds. The molecule has 0 saturated heterocycles. The molecule has 94 valence electrons. The maximum absolute atomic E-state index is 12.1. The first-order valence-electron chi connectivity index (χ1n) is 6.16. The first-order chi connectivity index (χ1) is 8.70. The van der Waals surface area contributed by atoms with Gasteiger partial charge in [-0.3, -0.25) is 9.78 Å². The van der Waals surface area contributed by atoms with Gasteiger partial charge in [0.05, 0.1) is 6.42 Å². The molecule has 0 aliphatic carbocycles. The van der Waals surface area contributed by atoms with Crippen LogP contribution in [-0.2, 0) is 13.0 Å². The molecule has 0 aliphatic rings. The topological polar surface area (TPSA) is 47.8 Å². The van der Waals surface area contributed by atoms with Gasteiger partial charge in [0.25, 0.3) is 0 Å². The van der Waals surface area contributed by atoms with Crippen molar-refractivity contribution in [2.75, 3.05) is 0 Å². The fourth-order valence-corrected chi connectivity index (χ4v) is 1.92. The highest BCUT2D eigenvalue weighted by Crippen LogP contribution is 2.08. The van der Waals surface area contributed by atoms with Gasteiger partial charge in [0, 0.05) is 36.4 Å². The van der Waals surface area contributed by atoms with E-state index in [1.165, 1.54) is 0 Å². The minimum Gasteiger partial charge on any atom is -0.335 e. The lowest BCUT2D eigenvalue weighted by Crippen LogP contribution is -2.10. The molecule has 0 bridgehead atoms. The summed E-state index contributed by atoms with van der Waals surface area (Å²) in [6, 6.07) is 3.57. The molecule has 0 unspecified atom stereocenters. The summed E-state index contributed by atoms with van der Waals surface area (Å²) in [6.07, 6.45) is 6.71. The highest BCUT2D eigenvalue weighted by atomic mass is 16.1. The smallest absolute Gasteiger partial charge is 0.170 e. The molecular formula is C14H17N3O. The number of Topliss-reactive ketones (excluding diaryl/α,β-unsaturated/α-hetero) is 1. The Morgan fingerprint density at radius 3 is 2.89 bits per heavy atom. The molecular weight excluding hydrogens is 226 g/mol. The van der Waals surface area contributed by atoms with Crippen molar-refractivity contribution in [3.8, 4) is 0 Å². The van der Waals surface area contributed by atoms with Crippen LogP contribution >= 0.6 is 0 Å². The predicted octanol–water partition coefficient (Wildman–Crippen LogP) is 2.42. The van der Waals surface area contributed by atoms with E-state index in [2.05, 4.69) is 16.9 Å². The van der Waals surface area contributed by atoms with E-state index in [1.54, 1.807) is 18.5 Å². The second kappa shape index (κ2) is 5.58. The van der Waals surface area contributed by atoms with Crippen LogP contribution < -0.4 is 0 Å². The van der Waals surface area contributed by atoms with Gasteiger partial charge in [-0.25, -0.2) is 4.98 Å². The number of carbonyl (C=O) groups is 1. The third-order valence-corrected chi connectivity index (χ3v) is 2.80. The summed E-state index contributed by atoms with van der Waals surface area (Å²) in [5.41, 5.74) is 1.56. The Morgan fingerprint density at radius 2 is 2.17 bits per heavy atom. The van der Waals surface area contributed by atoms with Gasteiger partial charge in [-0.2, -0.15) is 0 Å². The number of aromatic nitrogens is 3.